The van der Waals surface area contributed by atoms with Gasteiger partial charge in [0.05, 0.1) is 0 Å². The molecular formula is C17H18FN. The fourth-order valence-corrected chi connectivity index (χ4v) is 2.78. The average molecular weight is 255 g/mol. The minimum atomic E-state index is -0.158. The Kier molecular flexibility index (Phi) is 3.34. The first-order valence-corrected chi connectivity index (χ1v) is 6.77. The Morgan fingerprint density at radius 3 is 2.84 bits per heavy atom. The van der Waals surface area contributed by atoms with Crippen molar-refractivity contribution >= 4 is 0 Å². The maximum absolute atomic E-state index is 13.0. The summed E-state index contributed by atoms with van der Waals surface area (Å²) in [5, 5.41) is 3.48. The van der Waals surface area contributed by atoms with Gasteiger partial charge in [-0.05, 0) is 47.7 Å². The van der Waals surface area contributed by atoms with Crippen molar-refractivity contribution in [3.63, 3.8) is 0 Å². The molecule has 19 heavy (non-hydrogen) atoms. The third-order valence-electron chi connectivity index (χ3n) is 3.97. The Balaban J connectivity index is 1.55. The summed E-state index contributed by atoms with van der Waals surface area (Å²) in [5.41, 5.74) is 5.15. The van der Waals surface area contributed by atoms with E-state index in [9.17, 15) is 4.39 Å². The highest BCUT2D eigenvalue weighted by Crippen LogP contribution is 2.34. The summed E-state index contributed by atoms with van der Waals surface area (Å²) >= 11 is 0. The maximum atomic E-state index is 13.0. The number of halogens is 1. The number of rotatable bonds is 4. The van der Waals surface area contributed by atoms with Crippen LogP contribution >= 0.6 is 0 Å². The van der Waals surface area contributed by atoms with Crippen LogP contribution in [0.5, 0.6) is 0 Å². The van der Waals surface area contributed by atoms with Crippen molar-refractivity contribution in [2.24, 2.45) is 0 Å². The minimum absolute atomic E-state index is 0.158. The molecule has 0 heterocycles. The molecular weight excluding hydrogens is 237 g/mol. The maximum Gasteiger partial charge on any atom is 0.123 e. The van der Waals surface area contributed by atoms with Gasteiger partial charge in [0.1, 0.15) is 5.82 Å². The summed E-state index contributed by atoms with van der Waals surface area (Å²) in [5.74, 6) is 0.478. The van der Waals surface area contributed by atoms with Gasteiger partial charge in [0.15, 0.2) is 0 Å². The molecule has 0 aromatic heterocycles. The molecule has 1 unspecified atom stereocenters. The number of aryl methyl sites for hydroxylation is 1. The number of fused-ring (bicyclic) bond motifs is 1. The summed E-state index contributed by atoms with van der Waals surface area (Å²) in [6, 6.07) is 13.6. The lowest BCUT2D eigenvalue weighted by atomic mass is 9.77. The first-order chi connectivity index (χ1) is 9.24. The first-order valence-electron chi connectivity index (χ1n) is 6.77. The van der Waals surface area contributed by atoms with Crippen molar-refractivity contribution in [3.8, 4) is 0 Å². The van der Waals surface area contributed by atoms with Crippen molar-refractivity contribution in [2.45, 2.75) is 25.8 Å². The number of nitrogens with one attached hydrogen (secondary N) is 1. The Morgan fingerprint density at radius 1 is 1.21 bits per heavy atom. The SMILES string of the molecule is Cc1cc(F)ccc1CNCC1Cc2ccccc21. The highest BCUT2D eigenvalue weighted by Gasteiger charge is 2.24. The molecule has 1 atom stereocenters. The topological polar surface area (TPSA) is 12.0 Å². The summed E-state index contributed by atoms with van der Waals surface area (Å²) in [6.45, 7) is 3.76. The van der Waals surface area contributed by atoms with Gasteiger partial charge in [-0.3, -0.25) is 0 Å². The second-order valence-electron chi connectivity index (χ2n) is 5.30. The molecule has 1 aliphatic rings. The van der Waals surface area contributed by atoms with E-state index in [-0.39, 0.29) is 5.82 Å². The second kappa shape index (κ2) is 5.14. The Labute approximate surface area is 113 Å². The van der Waals surface area contributed by atoms with Crippen molar-refractivity contribution in [1.29, 1.82) is 0 Å². The van der Waals surface area contributed by atoms with Gasteiger partial charge in [0.25, 0.3) is 0 Å². The van der Waals surface area contributed by atoms with Gasteiger partial charge in [-0.1, -0.05) is 30.3 Å². The summed E-state index contributed by atoms with van der Waals surface area (Å²) in [4.78, 5) is 0. The zero-order chi connectivity index (χ0) is 13.2. The van der Waals surface area contributed by atoms with Gasteiger partial charge in [-0.2, -0.15) is 0 Å². The standard InChI is InChI=1S/C17H18FN/c1-12-8-16(18)7-6-14(12)10-19-11-15-9-13-4-2-3-5-17(13)15/h2-8,15,19H,9-11H2,1H3. The second-order valence-corrected chi connectivity index (χ2v) is 5.30. The molecule has 0 bridgehead atoms. The molecule has 0 saturated carbocycles. The van der Waals surface area contributed by atoms with Gasteiger partial charge in [-0.15, -0.1) is 0 Å². The van der Waals surface area contributed by atoms with Crippen LogP contribution in [0.3, 0.4) is 0 Å². The lowest BCUT2D eigenvalue weighted by Gasteiger charge is -2.30. The van der Waals surface area contributed by atoms with Crippen LogP contribution in [-0.4, -0.2) is 6.54 Å². The lowest BCUT2D eigenvalue weighted by molar-refractivity contribution is 0.534. The monoisotopic (exact) mass is 255 g/mol. The van der Waals surface area contributed by atoms with Crippen LogP contribution in [0, 0.1) is 12.7 Å². The van der Waals surface area contributed by atoms with Gasteiger partial charge in [0.2, 0.25) is 0 Å². The molecule has 3 rings (SSSR count). The molecule has 1 nitrogen and oxygen atoms in total. The molecule has 0 saturated heterocycles. The van der Waals surface area contributed by atoms with Gasteiger partial charge in [-0.25, -0.2) is 4.39 Å². The lowest BCUT2D eigenvalue weighted by Crippen LogP contribution is -2.28. The molecule has 2 heteroatoms. The zero-order valence-electron chi connectivity index (χ0n) is 11.1. The summed E-state index contributed by atoms with van der Waals surface area (Å²) in [7, 11) is 0. The Morgan fingerprint density at radius 2 is 2.05 bits per heavy atom. The van der Waals surface area contributed by atoms with E-state index in [1.165, 1.54) is 29.2 Å². The fourth-order valence-electron chi connectivity index (χ4n) is 2.78. The molecule has 98 valence electrons. The molecule has 0 fully saturated rings. The van der Waals surface area contributed by atoms with Crippen LogP contribution in [-0.2, 0) is 13.0 Å². The Hall–Kier alpha value is -1.67. The van der Waals surface area contributed by atoms with Crippen LogP contribution < -0.4 is 5.32 Å². The summed E-state index contributed by atoms with van der Waals surface area (Å²) < 4.78 is 13.0. The van der Waals surface area contributed by atoms with Crippen molar-refractivity contribution in [2.75, 3.05) is 6.54 Å². The van der Waals surface area contributed by atoms with E-state index in [1.54, 1.807) is 6.07 Å². The molecule has 0 radical (unpaired) electrons. The normalized spacial score (nSPS) is 16.8. The van der Waals surface area contributed by atoms with E-state index < -0.39 is 0 Å². The average Bonchev–Trinajstić information content (AvgIpc) is 2.37. The smallest absolute Gasteiger partial charge is 0.123 e. The highest BCUT2D eigenvalue weighted by molar-refractivity contribution is 5.40. The molecule has 0 aliphatic heterocycles. The predicted molar refractivity (Wildman–Crippen MR) is 75.7 cm³/mol. The van der Waals surface area contributed by atoms with Crippen LogP contribution in [0.15, 0.2) is 42.5 Å². The van der Waals surface area contributed by atoms with E-state index in [0.29, 0.717) is 5.92 Å². The van der Waals surface area contributed by atoms with Gasteiger partial charge in [0, 0.05) is 19.0 Å². The van der Waals surface area contributed by atoms with Crippen LogP contribution in [0.2, 0.25) is 0 Å². The third-order valence-corrected chi connectivity index (χ3v) is 3.97. The van der Waals surface area contributed by atoms with E-state index >= 15 is 0 Å². The zero-order valence-corrected chi connectivity index (χ0v) is 11.1. The summed E-state index contributed by atoms with van der Waals surface area (Å²) in [6.07, 6.45) is 1.17. The predicted octanol–water partition coefficient (Wildman–Crippen LogP) is 3.56. The molecule has 1 N–H and O–H groups in total. The van der Waals surface area contributed by atoms with E-state index in [0.717, 1.165) is 18.7 Å². The van der Waals surface area contributed by atoms with Crippen LogP contribution in [0.4, 0.5) is 4.39 Å². The quantitative estimate of drug-likeness (QED) is 0.880. The van der Waals surface area contributed by atoms with Crippen LogP contribution in [0.25, 0.3) is 0 Å². The van der Waals surface area contributed by atoms with Crippen molar-refractivity contribution < 1.29 is 4.39 Å². The van der Waals surface area contributed by atoms with Gasteiger partial charge < -0.3 is 5.32 Å². The van der Waals surface area contributed by atoms with E-state index in [2.05, 4.69) is 29.6 Å². The molecule has 0 amide bonds. The van der Waals surface area contributed by atoms with Crippen molar-refractivity contribution in [3.05, 3.63) is 70.5 Å². The fraction of sp³-hybridized carbons (Fsp3) is 0.294. The first kappa shape index (κ1) is 12.4. The highest BCUT2D eigenvalue weighted by atomic mass is 19.1. The van der Waals surface area contributed by atoms with Gasteiger partial charge >= 0.3 is 0 Å². The third kappa shape index (κ3) is 2.54. The molecule has 2 aromatic carbocycles. The van der Waals surface area contributed by atoms with E-state index in [4.69, 9.17) is 0 Å². The van der Waals surface area contributed by atoms with Crippen molar-refractivity contribution in [1.82, 2.24) is 5.32 Å². The number of hydrogen-bond acceptors (Lipinski definition) is 1. The largest absolute Gasteiger partial charge is 0.312 e. The Bertz CT molecular complexity index is 592. The number of benzene rings is 2. The molecule has 2 aromatic rings. The number of hydrogen-bond donors (Lipinski definition) is 1. The van der Waals surface area contributed by atoms with Crippen LogP contribution in [0.1, 0.15) is 28.2 Å². The molecule has 1 aliphatic carbocycles. The van der Waals surface area contributed by atoms with E-state index in [1.807, 2.05) is 13.0 Å². The minimum Gasteiger partial charge on any atom is -0.312 e. The molecule has 0 spiro atoms.